The van der Waals surface area contributed by atoms with Gasteiger partial charge in [-0.2, -0.15) is 0 Å². The average Bonchev–Trinajstić information content (AvgIpc) is 2.38. The molecule has 2 rings (SSSR count). The second-order valence-corrected chi connectivity index (χ2v) is 5.24. The van der Waals surface area contributed by atoms with Crippen molar-refractivity contribution in [3.63, 3.8) is 0 Å². The van der Waals surface area contributed by atoms with Gasteiger partial charge < -0.3 is 10.2 Å². The smallest absolute Gasteiger partial charge is 0.253 e. The van der Waals surface area contributed by atoms with E-state index in [-0.39, 0.29) is 11.8 Å². The summed E-state index contributed by atoms with van der Waals surface area (Å²) in [4.78, 5) is 25.3. The van der Waals surface area contributed by atoms with Crippen molar-refractivity contribution >= 4 is 17.5 Å². The Balaban J connectivity index is 2.08. The molecule has 0 unspecified atom stereocenters. The quantitative estimate of drug-likeness (QED) is 0.888. The van der Waals surface area contributed by atoms with Crippen LogP contribution in [0.25, 0.3) is 0 Å². The molecule has 1 aliphatic rings. The van der Waals surface area contributed by atoms with Crippen LogP contribution in [0.1, 0.15) is 37.0 Å². The lowest BCUT2D eigenvalue weighted by Crippen LogP contribution is -2.37. The number of carbonyl (C=O) groups excluding carboxylic acids is 2. The summed E-state index contributed by atoms with van der Waals surface area (Å²) in [6.45, 7) is 5.33. The molecule has 4 heteroatoms. The number of piperidine rings is 1. The van der Waals surface area contributed by atoms with E-state index in [4.69, 9.17) is 0 Å². The summed E-state index contributed by atoms with van der Waals surface area (Å²) in [5.74, 6) is 0.630. The largest absolute Gasteiger partial charge is 0.339 e. The summed E-state index contributed by atoms with van der Waals surface area (Å²) < 4.78 is 0. The average molecular weight is 260 g/mol. The summed E-state index contributed by atoms with van der Waals surface area (Å²) >= 11 is 0. The molecule has 1 N–H and O–H groups in total. The Labute approximate surface area is 113 Å². The molecule has 0 radical (unpaired) electrons. The third-order valence-electron chi connectivity index (χ3n) is 3.50. The summed E-state index contributed by atoms with van der Waals surface area (Å²) in [6, 6.07) is 7.12. The van der Waals surface area contributed by atoms with Gasteiger partial charge in [0.25, 0.3) is 5.91 Å². The normalized spacial score (nSPS) is 16.2. The van der Waals surface area contributed by atoms with Gasteiger partial charge in [0.1, 0.15) is 0 Å². The van der Waals surface area contributed by atoms with Crippen LogP contribution in [0.5, 0.6) is 0 Å². The molecular formula is C15H20N2O2. The number of hydrogen-bond donors (Lipinski definition) is 1. The van der Waals surface area contributed by atoms with Crippen LogP contribution in [0.15, 0.2) is 24.3 Å². The van der Waals surface area contributed by atoms with E-state index >= 15 is 0 Å². The van der Waals surface area contributed by atoms with Crippen LogP contribution in [0.4, 0.5) is 5.69 Å². The molecule has 4 nitrogen and oxygen atoms in total. The summed E-state index contributed by atoms with van der Waals surface area (Å²) in [6.07, 6.45) is 2.13. The summed E-state index contributed by atoms with van der Waals surface area (Å²) in [5, 5.41) is 2.70. The van der Waals surface area contributed by atoms with Crippen LogP contribution < -0.4 is 5.32 Å². The molecule has 0 aromatic heterocycles. The highest BCUT2D eigenvalue weighted by molar-refractivity contribution is 5.96. The van der Waals surface area contributed by atoms with Gasteiger partial charge >= 0.3 is 0 Å². The van der Waals surface area contributed by atoms with Crippen LogP contribution in [0.2, 0.25) is 0 Å². The SMILES string of the molecule is CC(=O)Nc1cccc(C(=O)N2CCC(C)CC2)c1. The van der Waals surface area contributed by atoms with Gasteiger partial charge in [0.05, 0.1) is 0 Å². The van der Waals surface area contributed by atoms with Crippen molar-refractivity contribution in [1.29, 1.82) is 0 Å². The van der Waals surface area contributed by atoms with E-state index in [2.05, 4.69) is 12.2 Å². The first-order chi connectivity index (χ1) is 9.06. The molecule has 2 amide bonds. The molecule has 1 saturated heterocycles. The van der Waals surface area contributed by atoms with Gasteiger partial charge in [-0.05, 0) is 37.0 Å². The molecule has 19 heavy (non-hydrogen) atoms. The Morgan fingerprint density at radius 3 is 2.58 bits per heavy atom. The highest BCUT2D eigenvalue weighted by Crippen LogP contribution is 2.19. The van der Waals surface area contributed by atoms with Gasteiger partial charge in [0, 0.05) is 31.3 Å². The maximum atomic E-state index is 12.4. The Kier molecular flexibility index (Phi) is 4.20. The Morgan fingerprint density at radius 1 is 1.26 bits per heavy atom. The molecule has 102 valence electrons. The molecule has 1 aromatic carbocycles. The maximum Gasteiger partial charge on any atom is 0.253 e. The zero-order valence-corrected chi connectivity index (χ0v) is 11.5. The van der Waals surface area contributed by atoms with E-state index in [9.17, 15) is 9.59 Å². The predicted molar refractivity (Wildman–Crippen MR) is 75.0 cm³/mol. The second-order valence-electron chi connectivity index (χ2n) is 5.24. The number of benzene rings is 1. The van der Waals surface area contributed by atoms with E-state index < -0.39 is 0 Å². The number of nitrogens with zero attached hydrogens (tertiary/aromatic N) is 1. The first-order valence-electron chi connectivity index (χ1n) is 6.73. The van der Waals surface area contributed by atoms with Crippen molar-refractivity contribution in [3.8, 4) is 0 Å². The molecule has 0 aliphatic carbocycles. The van der Waals surface area contributed by atoms with Crippen molar-refractivity contribution in [2.45, 2.75) is 26.7 Å². The standard InChI is InChI=1S/C15H20N2O2/c1-11-6-8-17(9-7-11)15(19)13-4-3-5-14(10-13)16-12(2)18/h3-5,10-11H,6-9H2,1-2H3,(H,16,18). The molecule has 1 heterocycles. The molecule has 0 saturated carbocycles. The zero-order chi connectivity index (χ0) is 13.8. The lowest BCUT2D eigenvalue weighted by Gasteiger charge is -2.30. The van der Waals surface area contributed by atoms with Crippen molar-refractivity contribution in [3.05, 3.63) is 29.8 Å². The fourth-order valence-corrected chi connectivity index (χ4v) is 2.33. The highest BCUT2D eigenvalue weighted by Gasteiger charge is 2.21. The number of rotatable bonds is 2. The zero-order valence-electron chi connectivity index (χ0n) is 11.5. The van der Waals surface area contributed by atoms with Crippen molar-refractivity contribution in [2.24, 2.45) is 5.92 Å². The first-order valence-corrected chi connectivity index (χ1v) is 6.73. The van der Waals surface area contributed by atoms with Gasteiger partial charge in [0.2, 0.25) is 5.91 Å². The molecular weight excluding hydrogens is 240 g/mol. The number of carbonyl (C=O) groups is 2. The molecule has 1 fully saturated rings. The minimum absolute atomic E-state index is 0.0547. The maximum absolute atomic E-state index is 12.4. The van der Waals surface area contributed by atoms with Crippen molar-refractivity contribution in [2.75, 3.05) is 18.4 Å². The fraction of sp³-hybridized carbons (Fsp3) is 0.467. The van der Waals surface area contributed by atoms with E-state index in [1.807, 2.05) is 4.90 Å². The topological polar surface area (TPSA) is 49.4 Å². The monoisotopic (exact) mass is 260 g/mol. The van der Waals surface area contributed by atoms with Crippen LogP contribution in [0.3, 0.4) is 0 Å². The molecule has 1 aliphatic heterocycles. The number of anilines is 1. The third-order valence-corrected chi connectivity index (χ3v) is 3.50. The first kappa shape index (κ1) is 13.6. The van der Waals surface area contributed by atoms with E-state index in [1.165, 1.54) is 6.92 Å². The van der Waals surface area contributed by atoms with Gasteiger partial charge in [-0.1, -0.05) is 13.0 Å². The molecule has 1 aromatic rings. The summed E-state index contributed by atoms with van der Waals surface area (Å²) in [5.41, 5.74) is 1.31. The lowest BCUT2D eigenvalue weighted by atomic mass is 9.98. The van der Waals surface area contributed by atoms with Crippen LogP contribution in [-0.2, 0) is 4.79 Å². The van der Waals surface area contributed by atoms with E-state index in [0.717, 1.165) is 25.9 Å². The molecule has 0 atom stereocenters. The Bertz CT molecular complexity index is 477. The van der Waals surface area contributed by atoms with Crippen LogP contribution in [-0.4, -0.2) is 29.8 Å². The third kappa shape index (κ3) is 3.56. The summed E-state index contributed by atoms with van der Waals surface area (Å²) in [7, 11) is 0. The molecule has 0 bridgehead atoms. The van der Waals surface area contributed by atoms with Crippen molar-refractivity contribution < 1.29 is 9.59 Å². The number of hydrogen-bond acceptors (Lipinski definition) is 2. The van der Waals surface area contributed by atoms with Crippen LogP contribution >= 0.6 is 0 Å². The highest BCUT2D eigenvalue weighted by atomic mass is 16.2. The Hall–Kier alpha value is -1.84. The number of amides is 2. The Morgan fingerprint density at radius 2 is 1.95 bits per heavy atom. The minimum Gasteiger partial charge on any atom is -0.339 e. The van der Waals surface area contributed by atoms with E-state index in [1.54, 1.807) is 24.3 Å². The molecule has 0 spiro atoms. The number of nitrogens with one attached hydrogen (secondary N) is 1. The minimum atomic E-state index is -0.128. The van der Waals surface area contributed by atoms with Gasteiger partial charge in [-0.15, -0.1) is 0 Å². The van der Waals surface area contributed by atoms with Crippen molar-refractivity contribution in [1.82, 2.24) is 4.90 Å². The van der Waals surface area contributed by atoms with E-state index in [0.29, 0.717) is 17.2 Å². The number of likely N-dealkylation sites (tertiary alicyclic amines) is 1. The fourth-order valence-electron chi connectivity index (χ4n) is 2.33. The van der Waals surface area contributed by atoms with Gasteiger partial charge in [0.15, 0.2) is 0 Å². The second kappa shape index (κ2) is 5.87. The van der Waals surface area contributed by atoms with Gasteiger partial charge in [-0.3, -0.25) is 9.59 Å². The van der Waals surface area contributed by atoms with Crippen LogP contribution in [0, 0.1) is 5.92 Å². The van der Waals surface area contributed by atoms with Gasteiger partial charge in [-0.25, -0.2) is 0 Å². The predicted octanol–water partition coefficient (Wildman–Crippen LogP) is 2.52. The lowest BCUT2D eigenvalue weighted by molar-refractivity contribution is -0.114.